The fourth-order valence-corrected chi connectivity index (χ4v) is 3.97. The van der Waals surface area contributed by atoms with Crippen molar-refractivity contribution in [3.63, 3.8) is 0 Å². The van der Waals surface area contributed by atoms with Crippen LogP contribution in [0.25, 0.3) is 0 Å². The van der Waals surface area contributed by atoms with E-state index in [9.17, 15) is 0 Å². The Kier molecular flexibility index (Phi) is 4.63. The molecule has 1 nitrogen and oxygen atoms in total. The first kappa shape index (κ1) is 13.1. The lowest BCUT2D eigenvalue weighted by Crippen LogP contribution is -2.35. The Morgan fingerprint density at radius 1 is 1.12 bits per heavy atom. The molecule has 2 unspecified atom stereocenters. The van der Waals surface area contributed by atoms with Gasteiger partial charge in [0.15, 0.2) is 0 Å². The Bertz CT molecular complexity index is 334. The highest BCUT2D eigenvalue weighted by molar-refractivity contribution is 7.11. The molecule has 0 bridgehead atoms. The standard InChI is InChI=1S/C15H25NS/c1-4-14-5-6-15(17-14)10-16-13-8-11(2)7-12(3)9-13/h5-6,11-13,16H,4,7-10H2,1-3H3. The quantitative estimate of drug-likeness (QED) is 0.844. The summed E-state index contributed by atoms with van der Waals surface area (Å²) in [6, 6.07) is 5.29. The van der Waals surface area contributed by atoms with Gasteiger partial charge in [-0.1, -0.05) is 20.8 Å². The Morgan fingerprint density at radius 2 is 1.76 bits per heavy atom. The Labute approximate surface area is 110 Å². The van der Waals surface area contributed by atoms with Crippen molar-refractivity contribution in [2.24, 2.45) is 11.8 Å². The van der Waals surface area contributed by atoms with Crippen LogP contribution in [0.1, 0.15) is 49.8 Å². The second-order valence-electron chi connectivity index (χ2n) is 5.72. The van der Waals surface area contributed by atoms with E-state index in [1.54, 1.807) is 0 Å². The second kappa shape index (κ2) is 6.01. The second-order valence-corrected chi connectivity index (χ2v) is 6.97. The molecule has 0 aliphatic heterocycles. The van der Waals surface area contributed by atoms with E-state index >= 15 is 0 Å². The lowest BCUT2D eigenvalue weighted by Gasteiger charge is -2.32. The van der Waals surface area contributed by atoms with Gasteiger partial charge in [0.25, 0.3) is 0 Å². The van der Waals surface area contributed by atoms with E-state index in [1.165, 1.54) is 35.4 Å². The zero-order valence-electron chi connectivity index (χ0n) is 11.3. The molecular formula is C15H25NS. The first-order valence-electron chi connectivity index (χ1n) is 6.98. The van der Waals surface area contributed by atoms with Crippen LogP contribution < -0.4 is 5.32 Å². The van der Waals surface area contributed by atoms with Crippen LogP contribution in [0, 0.1) is 11.8 Å². The maximum Gasteiger partial charge on any atom is 0.0302 e. The molecule has 2 rings (SSSR count). The Hall–Kier alpha value is -0.340. The molecule has 1 fully saturated rings. The molecule has 2 heteroatoms. The van der Waals surface area contributed by atoms with Crippen molar-refractivity contribution in [2.75, 3.05) is 0 Å². The van der Waals surface area contributed by atoms with E-state index in [1.807, 2.05) is 11.3 Å². The van der Waals surface area contributed by atoms with Gasteiger partial charge in [-0.3, -0.25) is 0 Å². The average molecular weight is 251 g/mol. The molecule has 0 radical (unpaired) electrons. The molecule has 0 aromatic carbocycles. The van der Waals surface area contributed by atoms with E-state index in [2.05, 4.69) is 38.2 Å². The largest absolute Gasteiger partial charge is 0.309 e. The van der Waals surface area contributed by atoms with Crippen LogP contribution in [0.5, 0.6) is 0 Å². The van der Waals surface area contributed by atoms with E-state index < -0.39 is 0 Å². The van der Waals surface area contributed by atoms with Gasteiger partial charge < -0.3 is 5.32 Å². The highest BCUT2D eigenvalue weighted by Gasteiger charge is 2.23. The SMILES string of the molecule is CCc1ccc(CNC2CC(C)CC(C)C2)s1. The minimum absolute atomic E-state index is 0.737. The zero-order valence-corrected chi connectivity index (χ0v) is 12.1. The van der Waals surface area contributed by atoms with Crippen LogP contribution in [0.4, 0.5) is 0 Å². The number of rotatable bonds is 4. The summed E-state index contributed by atoms with van der Waals surface area (Å²) in [6.45, 7) is 8.08. The molecular weight excluding hydrogens is 226 g/mol. The van der Waals surface area contributed by atoms with Crippen molar-refractivity contribution in [3.8, 4) is 0 Å². The monoisotopic (exact) mass is 251 g/mol. The summed E-state index contributed by atoms with van der Waals surface area (Å²) >= 11 is 1.96. The number of thiophene rings is 1. The van der Waals surface area contributed by atoms with Crippen molar-refractivity contribution < 1.29 is 0 Å². The highest BCUT2D eigenvalue weighted by Crippen LogP contribution is 2.29. The van der Waals surface area contributed by atoms with Crippen LogP contribution in [0.15, 0.2) is 12.1 Å². The lowest BCUT2D eigenvalue weighted by molar-refractivity contribution is 0.238. The van der Waals surface area contributed by atoms with Gasteiger partial charge in [-0.25, -0.2) is 0 Å². The maximum absolute atomic E-state index is 3.75. The summed E-state index contributed by atoms with van der Waals surface area (Å²) in [5.41, 5.74) is 0. The fraction of sp³-hybridized carbons (Fsp3) is 0.733. The fourth-order valence-electron chi connectivity index (χ4n) is 3.07. The minimum Gasteiger partial charge on any atom is -0.309 e. The van der Waals surface area contributed by atoms with E-state index in [4.69, 9.17) is 0 Å². The van der Waals surface area contributed by atoms with Crippen LogP contribution in [-0.4, -0.2) is 6.04 Å². The van der Waals surface area contributed by atoms with Gasteiger partial charge in [-0.05, 0) is 49.7 Å². The van der Waals surface area contributed by atoms with Gasteiger partial charge in [0.05, 0.1) is 0 Å². The highest BCUT2D eigenvalue weighted by atomic mass is 32.1. The minimum atomic E-state index is 0.737. The molecule has 1 aromatic heterocycles. The maximum atomic E-state index is 3.75. The molecule has 0 spiro atoms. The summed E-state index contributed by atoms with van der Waals surface area (Å²) in [5.74, 6) is 1.79. The molecule has 1 saturated carbocycles. The molecule has 1 N–H and O–H groups in total. The van der Waals surface area contributed by atoms with Crippen LogP contribution >= 0.6 is 11.3 Å². The third-order valence-corrected chi connectivity index (χ3v) is 5.04. The van der Waals surface area contributed by atoms with Crippen molar-refractivity contribution in [2.45, 2.75) is 59.0 Å². The predicted molar refractivity (Wildman–Crippen MR) is 76.5 cm³/mol. The topological polar surface area (TPSA) is 12.0 Å². The van der Waals surface area contributed by atoms with E-state index in [-0.39, 0.29) is 0 Å². The lowest BCUT2D eigenvalue weighted by atomic mass is 9.80. The van der Waals surface area contributed by atoms with Gasteiger partial charge in [0, 0.05) is 22.3 Å². The molecule has 1 aliphatic rings. The van der Waals surface area contributed by atoms with Crippen LogP contribution in [0.3, 0.4) is 0 Å². The zero-order chi connectivity index (χ0) is 12.3. The molecule has 17 heavy (non-hydrogen) atoms. The molecule has 2 atom stereocenters. The predicted octanol–water partition coefficient (Wildman–Crippen LogP) is 4.22. The third kappa shape index (κ3) is 3.82. The third-order valence-electron chi connectivity index (χ3n) is 3.81. The van der Waals surface area contributed by atoms with Gasteiger partial charge >= 0.3 is 0 Å². The summed E-state index contributed by atoms with van der Waals surface area (Å²) < 4.78 is 0. The molecule has 1 aliphatic carbocycles. The van der Waals surface area contributed by atoms with Crippen LogP contribution in [0.2, 0.25) is 0 Å². The number of hydrogen-bond acceptors (Lipinski definition) is 2. The number of hydrogen-bond donors (Lipinski definition) is 1. The van der Waals surface area contributed by atoms with E-state index in [0.29, 0.717) is 0 Å². The summed E-state index contributed by atoms with van der Waals surface area (Å²) in [6.07, 6.45) is 5.30. The molecule has 1 heterocycles. The first-order chi connectivity index (χ1) is 8.17. The Morgan fingerprint density at radius 3 is 2.35 bits per heavy atom. The molecule has 0 amide bonds. The van der Waals surface area contributed by atoms with Crippen molar-refractivity contribution in [3.05, 3.63) is 21.9 Å². The first-order valence-corrected chi connectivity index (χ1v) is 7.80. The molecule has 96 valence electrons. The average Bonchev–Trinajstić information content (AvgIpc) is 2.73. The van der Waals surface area contributed by atoms with Gasteiger partial charge in [-0.15, -0.1) is 11.3 Å². The normalized spacial score (nSPS) is 29.5. The summed E-state index contributed by atoms with van der Waals surface area (Å²) in [7, 11) is 0. The number of aryl methyl sites for hydroxylation is 1. The Balaban J connectivity index is 1.81. The molecule has 0 saturated heterocycles. The van der Waals surface area contributed by atoms with Gasteiger partial charge in [0.1, 0.15) is 0 Å². The smallest absolute Gasteiger partial charge is 0.0302 e. The van der Waals surface area contributed by atoms with Crippen molar-refractivity contribution in [1.29, 1.82) is 0 Å². The summed E-state index contributed by atoms with van der Waals surface area (Å²) in [4.78, 5) is 3.00. The van der Waals surface area contributed by atoms with E-state index in [0.717, 1.165) is 24.4 Å². The number of nitrogens with one attached hydrogen (secondary N) is 1. The summed E-state index contributed by atoms with van der Waals surface area (Å²) in [5, 5.41) is 3.75. The van der Waals surface area contributed by atoms with Gasteiger partial charge in [0.2, 0.25) is 0 Å². The molecule has 1 aromatic rings. The van der Waals surface area contributed by atoms with Crippen molar-refractivity contribution >= 4 is 11.3 Å². The van der Waals surface area contributed by atoms with Gasteiger partial charge in [-0.2, -0.15) is 0 Å². The van der Waals surface area contributed by atoms with Crippen LogP contribution in [-0.2, 0) is 13.0 Å². The van der Waals surface area contributed by atoms with Crippen molar-refractivity contribution in [1.82, 2.24) is 5.32 Å².